The summed E-state index contributed by atoms with van der Waals surface area (Å²) >= 11 is 1.53. The fourth-order valence-electron chi connectivity index (χ4n) is 1.61. The Hall–Kier alpha value is 0.240. The van der Waals surface area contributed by atoms with E-state index in [0.29, 0.717) is 6.42 Å². The molecule has 0 aliphatic carbocycles. The number of hydrogen-bond donors (Lipinski definition) is 0. The second-order valence-electron chi connectivity index (χ2n) is 4.82. The van der Waals surface area contributed by atoms with Crippen LogP contribution < -0.4 is 0 Å². The van der Waals surface area contributed by atoms with Crippen molar-refractivity contribution in [2.75, 3.05) is 0 Å². The lowest BCUT2D eigenvalue weighted by atomic mass is 9.93. The maximum Gasteiger partial charge on any atom is 0.459 e. The van der Waals surface area contributed by atoms with Gasteiger partial charge in [0.05, 0.1) is 0 Å². The Balaban J connectivity index is 4.84. The molecule has 0 bridgehead atoms. The van der Waals surface area contributed by atoms with E-state index in [4.69, 9.17) is 0 Å². The molecule has 0 spiro atoms. The molecule has 0 heterocycles. The second-order valence-corrected chi connectivity index (χ2v) is 7.43. The molecule has 1 unspecified atom stereocenters. The lowest BCUT2D eigenvalue weighted by Crippen LogP contribution is -2.53. The van der Waals surface area contributed by atoms with E-state index in [2.05, 4.69) is 0 Å². The van der Waals surface area contributed by atoms with E-state index in [1.807, 2.05) is 6.92 Å². The van der Waals surface area contributed by atoms with E-state index >= 15 is 0 Å². The van der Waals surface area contributed by atoms with Gasteiger partial charge in [0.2, 0.25) is 0 Å². The fourth-order valence-corrected chi connectivity index (χ4v) is 2.47. The zero-order chi connectivity index (χ0) is 15.5. The van der Waals surface area contributed by atoms with E-state index in [1.54, 1.807) is 0 Å². The summed E-state index contributed by atoms with van der Waals surface area (Å²) in [5.41, 5.74) is 0. The maximum atomic E-state index is 13.2. The summed E-state index contributed by atoms with van der Waals surface area (Å²) in [6, 6.07) is 0. The third kappa shape index (κ3) is 5.26. The average molecular weight is 408 g/mol. The smallest absolute Gasteiger partial charge is 0.199 e. The quantitative estimate of drug-likeness (QED) is 0.210. The van der Waals surface area contributed by atoms with Crippen molar-refractivity contribution >= 4 is 22.6 Å². The Morgan fingerprint density at radius 3 is 1.74 bits per heavy atom. The highest BCUT2D eigenvalue weighted by Gasteiger charge is 2.73. The van der Waals surface area contributed by atoms with Crippen molar-refractivity contribution in [2.45, 2.75) is 67.4 Å². The number of hydrogen-bond acceptors (Lipinski definition) is 0. The second kappa shape index (κ2) is 6.34. The molecule has 0 saturated heterocycles. The van der Waals surface area contributed by atoms with Crippen LogP contribution in [0.3, 0.4) is 0 Å². The highest BCUT2D eigenvalue weighted by molar-refractivity contribution is 14.1. The highest BCUT2D eigenvalue weighted by atomic mass is 127. The van der Waals surface area contributed by atoms with Crippen molar-refractivity contribution in [3.63, 3.8) is 0 Å². The van der Waals surface area contributed by atoms with Gasteiger partial charge in [-0.3, -0.25) is 0 Å². The van der Waals surface area contributed by atoms with Gasteiger partial charge in [0.25, 0.3) is 0 Å². The van der Waals surface area contributed by atoms with E-state index in [-0.39, 0.29) is 6.42 Å². The van der Waals surface area contributed by atoms with Crippen LogP contribution in [-0.2, 0) is 0 Å². The number of alkyl halides is 8. The van der Waals surface area contributed by atoms with Gasteiger partial charge in [-0.2, -0.15) is 30.7 Å². The molecule has 0 aromatic heterocycles. The van der Waals surface area contributed by atoms with Gasteiger partial charge in [0, 0.05) is 9.84 Å². The Labute approximate surface area is 121 Å². The SMILES string of the molecule is CCCCCC(C)(I)CC(F)(F)C(F)(F)C(F)(F)F. The minimum Gasteiger partial charge on any atom is -0.199 e. The molecule has 116 valence electrons. The summed E-state index contributed by atoms with van der Waals surface area (Å²) in [5, 5.41) is 0. The first kappa shape index (κ1) is 19.2. The largest absolute Gasteiger partial charge is 0.459 e. The summed E-state index contributed by atoms with van der Waals surface area (Å²) < 4.78 is 86.6. The molecule has 0 saturated carbocycles. The van der Waals surface area contributed by atoms with Gasteiger partial charge in [-0.25, -0.2) is 0 Å². The molecule has 0 aromatic carbocycles. The van der Waals surface area contributed by atoms with E-state index in [0.717, 1.165) is 12.8 Å². The Bertz CT molecular complexity index is 283. The fraction of sp³-hybridized carbons (Fsp3) is 1.00. The summed E-state index contributed by atoms with van der Waals surface area (Å²) in [5.74, 6) is -11.1. The minimum atomic E-state index is -6.24. The van der Waals surface area contributed by atoms with Gasteiger partial charge >= 0.3 is 18.0 Å². The Kier molecular flexibility index (Phi) is 6.42. The average Bonchev–Trinajstić information content (AvgIpc) is 2.13. The molecule has 0 rings (SSSR count). The normalized spacial score (nSPS) is 17.4. The number of unbranched alkanes of at least 4 members (excludes halogenated alkanes) is 2. The monoisotopic (exact) mass is 408 g/mol. The van der Waals surface area contributed by atoms with Crippen LogP contribution in [0.5, 0.6) is 0 Å². The molecular weight excluding hydrogens is 392 g/mol. The van der Waals surface area contributed by atoms with E-state index in [9.17, 15) is 30.7 Å². The van der Waals surface area contributed by atoms with Crippen LogP contribution in [0.1, 0.15) is 46.0 Å². The Morgan fingerprint density at radius 2 is 1.37 bits per heavy atom. The summed E-state index contributed by atoms with van der Waals surface area (Å²) in [6.45, 7) is 3.14. The van der Waals surface area contributed by atoms with Crippen LogP contribution in [0.4, 0.5) is 30.7 Å². The lowest BCUT2D eigenvalue weighted by Gasteiger charge is -2.33. The molecule has 0 aliphatic heterocycles. The van der Waals surface area contributed by atoms with Gasteiger partial charge in [-0.05, 0) is 6.42 Å². The molecule has 0 nitrogen and oxygen atoms in total. The van der Waals surface area contributed by atoms with Crippen LogP contribution >= 0.6 is 22.6 Å². The van der Waals surface area contributed by atoms with Crippen molar-refractivity contribution < 1.29 is 30.7 Å². The zero-order valence-electron chi connectivity index (χ0n) is 10.6. The highest BCUT2D eigenvalue weighted by Crippen LogP contribution is 2.51. The maximum absolute atomic E-state index is 13.2. The van der Waals surface area contributed by atoms with Crippen molar-refractivity contribution in [1.29, 1.82) is 0 Å². The van der Waals surface area contributed by atoms with Gasteiger partial charge in [0.15, 0.2) is 0 Å². The molecule has 1 atom stereocenters. The van der Waals surface area contributed by atoms with Crippen LogP contribution in [0.25, 0.3) is 0 Å². The van der Waals surface area contributed by atoms with Gasteiger partial charge in [0.1, 0.15) is 0 Å². The van der Waals surface area contributed by atoms with E-state index in [1.165, 1.54) is 29.5 Å². The van der Waals surface area contributed by atoms with Crippen molar-refractivity contribution in [3.8, 4) is 0 Å². The molecule has 0 aliphatic rings. The summed E-state index contributed by atoms with van der Waals surface area (Å²) in [6.07, 6.45) is -5.53. The molecular formula is C11H16F7I. The lowest BCUT2D eigenvalue weighted by molar-refractivity contribution is -0.356. The molecule has 0 N–H and O–H groups in total. The predicted molar refractivity (Wildman–Crippen MR) is 67.1 cm³/mol. The first-order valence-electron chi connectivity index (χ1n) is 5.78. The number of halogens is 8. The van der Waals surface area contributed by atoms with Crippen LogP contribution in [-0.4, -0.2) is 21.4 Å². The third-order valence-corrected chi connectivity index (χ3v) is 3.63. The topological polar surface area (TPSA) is 0 Å². The summed E-state index contributed by atoms with van der Waals surface area (Å²) in [4.78, 5) is 0. The first-order valence-corrected chi connectivity index (χ1v) is 6.86. The first-order chi connectivity index (χ1) is 8.27. The Morgan fingerprint density at radius 1 is 0.895 bits per heavy atom. The van der Waals surface area contributed by atoms with Crippen molar-refractivity contribution in [3.05, 3.63) is 0 Å². The molecule has 0 radical (unpaired) electrons. The van der Waals surface area contributed by atoms with Crippen molar-refractivity contribution in [2.24, 2.45) is 0 Å². The van der Waals surface area contributed by atoms with Gasteiger partial charge < -0.3 is 0 Å². The van der Waals surface area contributed by atoms with Gasteiger partial charge in [-0.15, -0.1) is 0 Å². The van der Waals surface area contributed by atoms with E-state index < -0.39 is 27.9 Å². The molecule has 8 heteroatoms. The standard InChI is InChI=1S/C11H16F7I/c1-3-4-5-6-8(2,19)7-9(12,13)10(14,15)11(16,17)18/h3-7H2,1-2H3. The predicted octanol–water partition coefficient (Wildman–Crippen LogP) is 5.98. The zero-order valence-corrected chi connectivity index (χ0v) is 12.7. The molecule has 0 fully saturated rings. The third-order valence-electron chi connectivity index (χ3n) is 2.71. The molecule has 0 amide bonds. The van der Waals surface area contributed by atoms with Crippen LogP contribution in [0, 0.1) is 0 Å². The van der Waals surface area contributed by atoms with Crippen LogP contribution in [0.15, 0.2) is 0 Å². The molecule has 19 heavy (non-hydrogen) atoms. The van der Waals surface area contributed by atoms with Crippen LogP contribution in [0.2, 0.25) is 0 Å². The minimum absolute atomic E-state index is 0.172. The van der Waals surface area contributed by atoms with Crippen molar-refractivity contribution in [1.82, 2.24) is 0 Å². The van der Waals surface area contributed by atoms with Gasteiger partial charge in [-0.1, -0.05) is 55.7 Å². The number of rotatable bonds is 7. The molecule has 0 aromatic rings. The summed E-state index contributed by atoms with van der Waals surface area (Å²) in [7, 11) is 0.